The Hall–Kier alpha value is -0.900. The lowest BCUT2D eigenvalue weighted by atomic mass is 10.2. The summed E-state index contributed by atoms with van der Waals surface area (Å²) in [6.07, 6.45) is 6.12. The van der Waals surface area contributed by atoms with Crippen LogP contribution >= 0.6 is 11.8 Å². The third-order valence-electron chi connectivity index (χ3n) is 2.40. The number of hydrogen-bond acceptors (Lipinski definition) is 4. The van der Waals surface area contributed by atoms with E-state index in [1.165, 1.54) is 18.6 Å². The van der Waals surface area contributed by atoms with Gasteiger partial charge in [0.05, 0.1) is 17.6 Å². The summed E-state index contributed by atoms with van der Waals surface area (Å²) in [7, 11) is 0. The number of thioether (sulfide) groups is 1. The van der Waals surface area contributed by atoms with Gasteiger partial charge in [-0.1, -0.05) is 0 Å². The van der Waals surface area contributed by atoms with Crippen LogP contribution in [0.3, 0.4) is 0 Å². The molecule has 1 aromatic rings. The Morgan fingerprint density at radius 1 is 1.64 bits per heavy atom. The van der Waals surface area contributed by atoms with Crippen LogP contribution in [0.4, 0.5) is 11.4 Å². The van der Waals surface area contributed by atoms with Crippen LogP contribution < -0.4 is 11.1 Å². The zero-order valence-electron chi connectivity index (χ0n) is 8.07. The Kier molecular flexibility index (Phi) is 3.14. The van der Waals surface area contributed by atoms with Gasteiger partial charge in [0.2, 0.25) is 0 Å². The summed E-state index contributed by atoms with van der Waals surface area (Å²) in [4.78, 5) is 3.95. The summed E-state index contributed by atoms with van der Waals surface area (Å²) in [5.74, 6) is 1.30. The smallest absolute Gasteiger partial charge is 0.0736 e. The van der Waals surface area contributed by atoms with Crippen molar-refractivity contribution in [2.75, 3.05) is 23.3 Å². The summed E-state index contributed by atoms with van der Waals surface area (Å²) in [6.45, 7) is 1.01. The Bertz CT molecular complexity index is 297. The minimum atomic E-state index is 0.732. The number of anilines is 2. The van der Waals surface area contributed by atoms with Gasteiger partial charge >= 0.3 is 0 Å². The van der Waals surface area contributed by atoms with Crippen molar-refractivity contribution in [3.05, 3.63) is 18.5 Å². The molecule has 2 heterocycles. The van der Waals surface area contributed by atoms with Gasteiger partial charge in [-0.3, -0.25) is 4.98 Å². The van der Waals surface area contributed by atoms with Gasteiger partial charge in [-0.25, -0.2) is 0 Å². The van der Waals surface area contributed by atoms with E-state index in [-0.39, 0.29) is 0 Å². The molecule has 0 bridgehead atoms. The minimum absolute atomic E-state index is 0.732. The SMILES string of the molecule is Nc1cnccc1NCC1CCCS1. The van der Waals surface area contributed by atoms with E-state index in [1.54, 1.807) is 12.4 Å². The standard InChI is InChI=1S/C10H15N3S/c11-9-7-12-4-3-10(9)13-6-8-2-1-5-14-8/h3-4,7-8H,1-2,5-6,11H2,(H,12,13). The molecule has 1 saturated heterocycles. The predicted octanol–water partition coefficient (Wildman–Crippen LogP) is 1.97. The number of pyridine rings is 1. The van der Waals surface area contributed by atoms with Crippen LogP contribution in [0.15, 0.2) is 18.5 Å². The molecule has 0 saturated carbocycles. The van der Waals surface area contributed by atoms with Gasteiger partial charge in [0.1, 0.15) is 0 Å². The van der Waals surface area contributed by atoms with E-state index in [4.69, 9.17) is 5.73 Å². The minimum Gasteiger partial charge on any atom is -0.396 e. The average Bonchev–Trinajstić information content (AvgIpc) is 2.69. The lowest BCUT2D eigenvalue weighted by Crippen LogP contribution is -2.14. The number of nitrogens with one attached hydrogen (secondary N) is 1. The number of nitrogens with zero attached hydrogens (tertiary/aromatic N) is 1. The van der Waals surface area contributed by atoms with Crippen molar-refractivity contribution >= 4 is 23.1 Å². The maximum absolute atomic E-state index is 5.77. The third kappa shape index (κ3) is 2.32. The highest BCUT2D eigenvalue weighted by atomic mass is 32.2. The first-order valence-electron chi connectivity index (χ1n) is 4.91. The Morgan fingerprint density at radius 2 is 2.57 bits per heavy atom. The lowest BCUT2D eigenvalue weighted by molar-refractivity contribution is 0.805. The van der Waals surface area contributed by atoms with E-state index in [1.807, 2.05) is 17.8 Å². The normalized spacial score (nSPS) is 21.0. The molecule has 0 aromatic carbocycles. The quantitative estimate of drug-likeness (QED) is 0.799. The number of hydrogen-bond donors (Lipinski definition) is 2. The van der Waals surface area contributed by atoms with E-state index in [0.29, 0.717) is 0 Å². The molecule has 76 valence electrons. The highest BCUT2D eigenvalue weighted by molar-refractivity contribution is 8.00. The van der Waals surface area contributed by atoms with Crippen molar-refractivity contribution in [3.8, 4) is 0 Å². The summed E-state index contributed by atoms with van der Waals surface area (Å²) in [5.41, 5.74) is 7.51. The van der Waals surface area contributed by atoms with E-state index < -0.39 is 0 Å². The molecule has 2 rings (SSSR count). The monoisotopic (exact) mass is 209 g/mol. The first-order valence-corrected chi connectivity index (χ1v) is 5.96. The molecular formula is C10H15N3S. The van der Waals surface area contributed by atoms with Crippen LogP contribution in [0.2, 0.25) is 0 Å². The second-order valence-electron chi connectivity index (χ2n) is 3.48. The fraction of sp³-hybridized carbons (Fsp3) is 0.500. The molecule has 0 radical (unpaired) electrons. The van der Waals surface area contributed by atoms with Crippen LogP contribution in [-0.2, 0) is 0 Å². The van der Waals surface area contributed by atoms with E-state index >= 15 is 0 Å². The van der Waals surface area contributed by atoms with Crippen LogP contribution in [0.25, 0.3) is 0 Å². The maximum atomic E-state index is 5.77. The highest BCUT2D eigenvalue weighted by Gasteiger charge is 2.15. The largest absolute Gasteiger partial charge is 0.396 e. The van der Waals surface area contributed by atoms with E-state index in [2.05, 4.69) is 10.3 Å². The van der Waals surface area contributed by atoms with Gasteiger partial charge in [0.15, 0.2) is 0 Å². The number of nitrogens with two attached hydrogens (primary N) is 1. The summed E-state index contributed by atoms with van der Waals surface area (Å²) >= 11 is 2.05. The highest BCUT2D eigenvalue weighted by Crippen LogP contribution is 2.26. The molecule has 4 heteroatoms. The molecular weight excluding hydrogens is 194 g/mol. The summed E-state index contributed by atoms with van der Waals surface area (Å²) in [6, 6.07) is 1.93. The molecule has 1 fully saturated rings. The number of rotatable bonds is 3. The van der Waals surface area contributed by atoms with Gasteiger partial charge in [0.25, 0.3) is 0 Å². The molecule has 1 aliphatic rings. The molecule has 1 atom stereocenters. The van der Waals surface area contributed by atoms with Crippen LogP contribution in [0.1, 0.15) is 12.8 Å². The molecule has 3 N–H and O–H groups in total. The molecule has 0 spiro atoms. The molecule has 3 nitrogen and oxygen atoms in total. The van der Waals surface area contributed by atoms with Gasteiger partial charge in [-0.2, -0.15) is 11.8 Å². The van der Waals surface area contributed by atoms with Crippen molar-refractivity contribution in [1.82, 2.24) is 4.98 Å². The Balaban J connectivity index is 1.88. The average molecular weight is 209 g/mol. The molecule has 14 heavy (non-hydrogen) atoms. The van der Waals surface area contributed by atoms with Crippen molar-refractivity contribution in [2.24, 2.45) is 0 Å². The Morgan fingerprint density at radius 3 is 3.29 bits per heavy atom. The topological polar surface area (TPSA) is 50.9 Å². The molecule has 1 aliphatic heterocycles. The van der Waals surface area contributed by atoms with Crippen LogP contribution in [0, 0.1) is 0 Å². The van der Waals surface area contributed by atoms with Gasteiger partial charge in [-0.05, 0) is 24.7 Å². The molecule has 0 aliphatic carbocycles. The zero-order valence-corrected chi connectivity index (χ0v) is 8.89. The lowest BCUT2D eigenvalue weighted by Gasteiger charge is -2.12. The summed E-state index contributed by atoms with van der Waals surface area (Å²) < 4.78 is 0. The first-order chi connectivity index (χ1) is 6.86. The van der Waals surface area contributed by atoms with E-state index in [0.717, 1.165) is 23.2 Å². The molecule has 1 unspecified atom stereocenters. The predicted molar refractivity (Wildman–Crippen MR) is 62.6 cm³/mol. The summed E-state index contributed by atoms with van der Waals surface area (Å²) in [5, 5.41) is 4.12. The third-order valence-corrected chi connectivity index (χ3v) is 3.79. The fourth-order valence-corrected chi connectivity index (χ4v) is 2.80. The van der Waals surface area contributed by atoms with Crippen molar-refractivity contribution in [1.29, 1.82) is 0 Å². The number of nitrogen functional groups attached to an aromatic ring is 1. The maximum Gasteiger partial charge on any atom is 0.0736 e. The molecule has 1 aromatic heterocycles. The second-order valence-corrected chi connectivity index (χ2v) is 4.89. The second kappa shape index (κ2) is 4.55. The van der Waals surface area contributed by atoms with Crippen LogP contribution in [0.5, 0.6) is 0 Å². The van der Waals surface area contributed by atoms with Gasteiger partial charge in [-0.15, -0.1) is 0 Å². The van der Waals surface area contributed by atoms with Gasteiger partial charge < -0.3 is 11.1 Å². The van der Waals surface area contributed by atoms with Crippen LogP contribution in [-0.4, -0.2) is 22.5 Å². The molecule has 0 amide bonds. The van der Waals surface area contributed by atoms with Crippen molar-refractivity contribution in [3.63, 3.8) is 0 Å². The zero-order chi connectivity index (χ0) is 9.80. The van der Waals surface area contributed by atoms with E-state index in [9.17, 15) is 0 Å². The van der Waals surface area contributed by atoms with Gasteiger partial charge in [0, 0.05) is 18.0 Å². The van der Waals surface area contributed by atoms with Crippen molar-refractivity contribution in [2.45, 2.75) is 18.1 Å². The van der Waals surface area contributed by atoms with Crippen molar-refractivity contribution < 1.29 is 0 Å². The fourth-order valence-electron chi connectivity index (χ4n) is 1.60. The number of aromatic nitrogens is 1. The first kappa shape index (κ1) is 9.65. The Labute approximate surface area is 88.5 Å².